The van der Waals surface area contributed by atoms with Crippen molar-refractivity contribution in [3.63, 3.8) is 0 Å². The van der Waals surface area contributed by atoms with Crippen LogP contribution in [0, 0.1) is 11.3 Å². The standard InChI is InChI=1S/C29H37N9O/c1-22-18-38(26-6-5-23(17-30)29-25(26)4-3-7-31-29)20-24(39-22)19-35-10-14-37(15-11-35)28-16-27(32-21-33-28)36-12-8-34(2)9-13-36/h3-7,16,21-22,24H,8-15,18-20H2,1-2H3. The molecule has 204 valence electrons. The van der Waals surface area contributed by atoms with Gasteiger partial charge in [0.1, 0.15) is 24.0 Å². The zero-order valence-electron chi connectivity index (χ0n) is 22.9. The first-order valence-electron chi connectivity index (χ1n) is 14.0. The maximum absolute atomic E-state index is 9.53. The largest absolute Gasteiger partial charge is 0.370 e. The molecule has 0 amide bonds. The predicted octanol–water partition coefficient (Wildman–Crippen LogP) is 2.06. The molecule has 6 rings (SSSR count). The minimum Gasteiger partial charge on any atom is -0.370 e. The predicted molar refractivity (Wildman–Crippen MR) is 153 cm³/mol. The second-order valence-corrected chi connectivity index (χ2v) is 10.9. The van der Waals surface area contributed by atoms with Crippen LogP contribution in [-0.4, -0.2) is 116 Å². The fourth-order valence-electron chi connectivity index (χ4n) is 6.03. The molecule has 5 heterocycles. The molecule has 3 fully saturated rings. The number of anilines is 3. The molecule has 0 spiro atoms. The quantitative estimate of drug-likeness (QED) is 0.491. The molecule has 3 aromatic rings. The van der Waals surface area contributed by atoms with Gasteiger partial charge in [0, 0.05) is 95.3 Å². The maximum Gasteiger partial charge on any atom is 0.134 e. The summed E-state index contributed by atoms with van der Waals surface area (Å²) in [5.74, 6) is 2.05. The minimum absolute atomic E-state index is 0.116. The number of likely N-dealkylation sites (N-methyl/N-ethyl adjacent to an activating group) is 1. The Kier molecular flexibility index (Phi) is 7.46. The molecule has 2 unspecified atom stereocenters. The summed E-state index contributed by atoms with van der Waals surface area (Å²) in [4.78, 5) is 25.7. The number of nitriles is 1. The van der Waals surface area contributed by atoms with Gasteiger partial charge in [0.2, 0.25) is 0 Å². The molecule has 2 atom stereocenters. The number of rotatable bonds is 5. The minimum atomic E-state index is 0.116. The molecule has 0 saturated carbocycles. The van der Waals surface area contributed by atoms with E-state index in [1.807, 2.05) is 12.1 Å². The molecule has 0 radical (unpaired) electrons. The van der Waals surface area contributed by atoms with Gasteiger partial charge in [-0.25, -0.2) is 9.97 Å². The number of fused-ring (bicyclic) bond motifs is 1. The lowest BCUT2D eigenvalue weighted by Gasteiger charge is -2.42. The van der Waals surface area contributed by atoms with Gasteiger partial charge in [0.15, 0.2) is 0 Å². The van der Waals surface area contributed by atoms with Gasteiger partial charge in [0.05, 0.1) is 23.3 Å². The van der Waals surface area contributed by atoms with E-state index in [-0.39, 0.29) is 12.2 Å². The van der Waals surface area contributed by atoms with E-state index in [1.54, 1.807) is 12.5 Å². The van der Waals surface area contributed by atoms with E-state index in [0.29, 0.717) is 5.56 Å². The molecule has 0 N–H and O–H groups in total. The summed E-state index contributed by atoms with van der Waals surface area (Å²) in [5.41, 5.74) is 2.51. The highest BCUT2D eigenvalue weighted by atomic mass is 16.5. The van der Waals surface area contributed by atoms with E-state index in [2.05, 4.69) is 77.7 Å². The van der Waals surface area contributed by atoms with Crippen molar-refractivity contribution >= 4 is 28.2 Å². The van der Waals surface area contributed by atoms with Gasteiger partial charge in [-0.1, -0.05) is 0 Å². The van der Waals surface area contributed by atoms with Gasteiger partial charge in [-0.3, -0.25) is 9.88 Å². The number of nitrogens with zero attached hydrogens (tertiary/aromatic N) is 9. The van der Waals surface area contributed by atoms with Crippen LogP contribution in [-0.2, 0) is 4.74 Å². The second-order valence-electron chi connectivity index (χ2n) is 10.9. The molecule has 10 heteroatoms. The molecular formula is C29H37N9O. The van der Waals surface area contributed by atoms with Crippen molar-refractivity contribution in [3.8, 4) is 6.07 Å². The molecule has 10 nitrogen and oxygen atoms in total. The Morgan fingerprint density at radius 2 is 1.62 bits per heavy atom. The van der Waals surface area contributed by atoms with Crippen LogP contribution >= 0.6 is 0 Å². The molecule has 2 aromatic heterocycles. The average Bonchev–Trinajstić information content (AvgIpc) is 2.97. The SMILES string of the molecule is CC1CN(c2ccc(C#N)c3ncccc23)CC(CN2CCN(c3cc(N4CCN(C)CC4)ncn3)CC2)O1. The zero-order chi connectivity index (χ0) is 26.8. The highest BCUT2D eigenvalue weighted by Crippen LogP contribution is 2.30. The molecule has 3 saturated heterocycles. The van der Waals surface area contributed by atoms with Crippen molar-refractivity contribution in [2.24, 2.45) is 0 Å². The van der Waals surface area contributed by atoms with E-state index in [0.717, 1.165) is 100 Å². The van der Waals surface area contributed by atoms with Crippen LogP contribution in [0.4, 0.5) is 17.3 Å². The van der Waals surface area contributed by atoms with Crippen LogP contribution in [0.25, 0.3) is 10.9 Å². The Bertz CT molecular complexity index is 1330. The Morgan fingerprint density at radius 1 is 0.897 bits per heavy atom. The molecule has 0 aliphatic carbocycles. The van der Waals surface area contributed by atoms with Crippen molar-refractivity contribution in [1.29, 1.82) is 5.26 Å². The first kappa shape index (κ1) is 25.7. The molecule has 1 aromatic carbocycles. The first-order valence-corrected chi connectivity index (χ1v) is 14.0. The summed E-state index contributed by atoms with van der Waals surface area (Å²) in [5, 5.41) is 10.6. The topological polar surface area (TPSA) is 87.9 Å². The Hall–Kier alpha value is -3.52. The van der Waals surface area contributed by atoms with Crippen LogP contribution < -0.4 is 14.7 Å². The monoisotopic (exact) mass is 527 g/mol. The highest BCUT2D eigenvalue weighted by Gasteiger charge is 2.30. The van der Waals surface area contributed by atoms with Crippen LogP contribution in [0.1, 0.15) is 12.5 Å². The number of morpholine rings is 1. The Balaban J connectivity index is 1.08. The summed E-state index contributed by atoms with van der Waals surface area (Å²) in [6.45, 7) is 12.7. The number of piperazine rings is 2. The van der Waals surface area contributed by atoms with Crippen molar-refractivity contribution in [2.75, 3.05) is 93.7 Å². The Morgan fingerprint density at radius 3 is 2.33 bits per heavy atom. The number of aromatic nitrogens is 3. The van der Waals surface area contributed by atoms with Gasteiger partial charge in [-0.15, -0.1) is 0 Å². The number of pyridine rings is 1. The maximum atomic E-state index is 9.53. The van der Waals surface area contributed by atoms with E-state index >= 15 is 0 Å². The molecule has 3 aliphatic rings. The first-order chi connectivity index (χ1) is 19.1. The van der Waals surface area contributed by atoms with Crippen molar-refractivity contribution in [1.82, 2.24) is 24.8 Å². The van der Waals surface area contributed by atoms with Gasteiger partial charge >= 0.3 is 0 Å². The lowest BCUT2D eigenvalue weighted by Crippen LogP contribution is -2.54. The van der Waals surface area contributed by atoms with Crippen molar-refractivity contribution in [2.45, 2.75) is 19.1 Å². The molecule has 39 heavy (non-hydrogen) atoms. The number of hydrogen-bond acceptors (Lipinski definition) is 10. The van der Waals surface area contributed by atoms with Gasteiger partial charge in [-0.2, -0.15) is 5.26 Å². The van der Waals surface area contributed by atoms with Crippen LogP contribution in [0.2, 0.25) is 0 Å². The normalized spacial score (nSPS) is 23.3. The van der Waals surface area contributed by atoms with Gasteiger partial charge in [0.25, 0.3) is 0 Å². The van der Waals surface area contributed by atoms with E-state index in [1.165, 1.54) is 0 Å². The molecule has 0 bridgehead atoms. The van der Waals surface area contributed by atoms with Gasteiger partial charge in [-0.05, 0) is 38.2 Å². The summed E-state index contributed by atoms with van der Waals surface area (Å²) < 4.78 is 6.41. The van der Waals surface area contributed by atoms with Crippen LogP contribution in [0.5, 0.6) is 0 Å². The third-order valence-electron chi connectivity index (χ3n) is 8.16. The number of benzene rings is 1. The second kappa shape index (κ2) is 11.3. The van der Waals surface area contributed by atoms with Gasteiger partial charge < -0.3 is 24.3 Å². The van der Waals surface area contributed by atoms with Crippen molar-refractivity contribution in [3.05, 3.63) is 48.4 Å². The molecular weight excluding hydrogens is 490 g/mol. The summed E-state index contributed by atoms with van der Waals surface area (Å²) >= 11 is 0. The summed E-state index contributed by atoms with van der Waals surface area (Å²) in [6.07, 6.45) is 3.71. The summed E-state index contributed by atoms with van der Waals surface area (Å²) in [7, 11) is 2.17. The lowest BCUT2D eigenvalue weighted by molar-refractivity contribution is -0.0327. The van der Waals surface area contributed by atoms with E-state index in [4.69, 9.17) is 4.74 Å². The fraction of sp³-hybridized carbons (Fsp3) is 0.517. The van der Waals surface area contributed by atoms with Crippen LogP contribution in [0.3, 0.4) is 0 Å². The summed E-state index contributed by atoms with van der Waals surface area (Å²) in [6, 6.07) is 12.4. The lowest BCUT2D eigenvalue weighted by atomic mass is 10.1. The molecule has 3 aliphatic heterocycles. The average molecular weight is 528 g/mol. The smallest absolute Gasteiger partial charge is 0.134 e. The van der Waals surface area contributed by atoms with Crippen molar-refractivity contribution < 1.29 is 4.74 Å². The highest BCUT2D eigenvalue weighted by molar-refractivity contribution is 5.95. The van der Waals surface area contributed by atoms with E-state index < -0.39 is 0 Å². The third kappa shape index (κ3) is 5.62. The zero-order valence-corrected chi connectivity index (χ0v) is 22.9. The number of hydrogen-bond donors (Lipinski definition) is 0. The third-order valence-corrected chi connectivity index (χ3v) is 8.16. The number of ether oxygens (including phenoxy) is 1. The fourth-order valence-corrected chi connectivity index (χ4v) is 6.03. The Labute approximate surface area is 230 Å². The van der Waals surface area contributed by atoms with E-state index in [9.17, 15) is 5.26 Å². The van der Waals surface area contributed by atoms with Crippen LogP contribution in [0.15, 0.2) is 42.9 Å².